The van der Waals surface area contributed by atoms with Crippen LogP contribution in [0, 0.1) is 6.92 Å². The fraction of sp³-hybridized carbons (Fsp3) is 0.0476. The Bertz CT molecular complexity index is 1300. The van der Waals surface area contributed by atoms with E-state index >= 15 is 0 Å². The fourth-order valence-electron chi connectivity index (χ4n) is 2.85. The summed E-state index contributed by atoms with van der Waals surface area (Å²) < 4.78 is 28.5. The van der Waals surface area contributed by atoms with Crippen molar-refractivity contribution < 1.29 is 13.2 Å². The van der Waals surface area contributed by atoms with E-state index in [0.717, 1.165) is 15.8 Å². The van der Waals surface area contributed by atoms with E-state index in [1.165, 1.54) is 29.5 Å². The largest absolute Gasteiger partial charge is 0.298 e. The molecule has 29 heavy (non-hydrogen) atoms. The van der Waals surface area contributed by atoms with E-state index in [1.807, 2.05) is 25.1 Å². The number of thiazole rings is 1. The van der Waals surface area contributed by atoms with Gasteiger partial charge in [0.05, 0.1) is 15.1 Å². The summed E-state index contributed by atoms with van der Waals surface area (Å²) in [6.45, 7) is 1.97. The molecule has 0 fully saturated rings. The standard InChI is InChI=1S/C21H17N3O3S2/c1-14-7-5-12-18-19(14)22-21(28-18)23-20(25)15-8-6-9-16(13-15)24-29(26,27)17-10-3-2-4-11-17/h2-13,24H,1H3,(H,22,23,25). The molecule has 4 rings (SSSR count). The van der Waals surface area contributed by atoms with Crippen molar-refractivity contribution in [2.75, 3.05) is 10.0 Å². The molecule has 0 radical (unpaired) electrons. The number of para-hydroxylation sites is 1. The van der Waals surface area contributed by atoms with Gasteiger partial charge >= 0.3 is 0 Å². The molecule has 6 nitrogen and oxygen atoms in total. The Morgan fingerprint density at radius 1 is 0.966 bits per heavy atom. The Morgan fingerprint density at radius 2 is 1.72 bits per heavy atom. The number of sulfonamides is 1. The third-order valence-electron chi connectivity index (χ3n) is 4.27. The topological polar surface area (TPSA) is 88.2 Å². The maximum Gasteiger partial charge on any atom is 0.261 e. The van der Waals surface area contributed by atoms with Gasteiger partial charge in [0.25, 0.3) is 15.9 Å². The lowest BCUT2D eigenvalue weighted by Gasteiger charge is -2.09. The van der Waals surface area contributed by atoms with E-state index in [0.29, 0.717) is 16.4 Å². The molecule has 0 atom stereocenters. The van der Waals surface area contributed by atoms with Gasteiger partial charge in [0, 0.05) is 11.3 Å². The van der Waals surface area contributed by atoms with Crippen molar-refractivity contribution in [1.29, 1.82) is 0 Å². The summed E-state index contributed by atoms with van der Waals surface area (Å²) in [6.07, 6.45) is 0. The van der Waals surface area contributed by atoms with Gasteiger partial charge in [0.15, 0.2) is 5.13 Å². The van der Waals surface area contributed by atoms with Crippen LogP contribution in [0.2, 0.25) is 0 Å². The average Bonchev–Trinajstić information content (AvgIpc) is 3.12. The van der Waals surface area contributed by atoms with Gasteiger partial charge in [-0.3, -0.25) is 14.8 Å². The molecule has 2 N–H and O–H groups in total. The van der Waals surface area contributed by atoms with E-state index in [9.17, 15) is 13.2 Å². The minimum absolute atomic E-state index is 0.153. The Hall–Kier alpha value is -3.23. The van der Waals surface area contributed by atoms with E-state index in [4.69, 9.17) is 0 Å². The number of carbonyl (C=O) groups is 1. The Labute approximate surface area is 172 Å². The van der Waals surface area contributed by atoms with Gasteiger partial charge < -0.3 is 0 Å². The number of fused-ring (bicyclic) bond motifs is 1. The molecule has 0 saturated carbocycles. The van der Waals surface area contributed by atoms with Gasteiger partial charge in [-0.15, -0.1) is 0 Å². The quantitative estimate of drug-likeness (QED) is 0.489. The molecule has 1 heterocycles. The summed E-state index contributed by atoms with van der Waals surface area (Å²) in [4.78, 5) is 17.3. The zero-order chi connectivity index (χ0) is 20.4. The van der Waals surface area contributed by atoms with Crippen LogP contribution >= 0.6 is 11.3 Å². The molecule has 0 spiro atoms. The van der Waals surface area contributed by atoms with Gasteiger partial charge in [-0.05, 0) is 48.9 Å². The SMILES string of the molecule is Cc1cccc2sc(NC(=O)c3cccc(NS(=O)(=O)c4ccccc4)c3)nc12. The van der Waals surface area contributed by atoms with Crippen LogP contribution in [0.25, 0.3) is 10.2 Å². The van der Waals surface area contributed by atoms with Crippen LogP contribution in [0.4, 0.5) is 10.8 Å². The summed E-state index contributed by atoms with van der Waals surface area (Å²) in [5.41, 5.74) is 2.53. The molecule has 1 amide bonds. The van der Waals surface area contributed by atoms with E-state index in [2.05, 4.69) is 15.0 Å². The second-order valence-corrected chi connectivity index (χ2v) is 9.11. The third kappa shape index (κ3) is 4.13. The molecule has 0 aliphatic rings. The van der Waals surface area contributed by atoms with Crippen molar-refractivity contribution in [3.8, 4) is 0 Å². The van der Waals surface area contributed by atoms with Gasteiger partial charge in [-0.2, -0.15) is 0 Å². The summed E-state index contributed by atoms with van der Waals surface area (Å²) in [7, 11) is -3.73. The van der Waals surface area contributed by atoms with Crippen molar-refractivity contribution in [2.45, 2.75) is 11.8 Å². The van der Waals surface area contributed by atoms with Gasteiger partial charge in [-0.25, -0.2) is 13.4 Å². The summed E-state index contributed by atoms with van der Waals surface area (Å²) in [5.74, 6) is -0.359. The highest BCUT2D eigenvalue weighted by atomic mass is 32.2. The number of nitrogens with one attached hydrogen (secondary N) is 2. The zero-order valence-corrected chi connectivity index (χ0v) is 17.0. The van der Waals surface area contributed by atoms with E-state index < -0.39 is 10.0 Å². The average molecular weight is 424 g/mol. The van der Waals surface area contributed by atoms with E-state index in [-0.39, 0.29) is 10.8 Å². The minimum atomic E-state index is -3.73. The van der Waals surface area contributed by atoms with Gasteiger partial charge in [0.2, 0.25) is 0 Å². The highest BCUT2D eigenvalue weighted by molar-refractivity contribution is 7.92. The Balaban J connectivity index is 1.55. The van der Waals surface area contributed by atoms with Crippen molar-refractivity contribution >= 4 is 48.3 Å². The molecule has 0 aliphatic heterocycles. The predicted molar refractivity (Wildman–Crippen MR) is 116 cm³/mol. The smallest absolute Gasteiger partial charge is 0.261 e. The second kappa shape index (κ2) is 7.65. The molecular weight excluding hydrogens is 406 g/mol. The van der Waals surface area contributed by atoms with Crippen LogP contribution in [0.5, 0.6) is 0 Å². The summed E-state index contributed by atoms with van der Waals surface area (Å²) in [5, 5.41) is 3.28. The van der Waals surface area contributed by atoms with Crippen LogP contribution in [0.1, 0.15) is 15.9 Å². The number of nitrogens with zero attached hydrogens (tertiary/aromatic N) is 1. The maximum atomic E-state index is 12.6. The van der Waals surface area contributed by atoms with Gasteiger partial charge in [-0.1, -0.05) is 47.7 Å². The van der Waals surface area contributed by atoms with Crippen LogP contribution in [0.3, 0.4) is 0 Å². The molecular formula is C21H17N3O3S2. The molecule has 146 valence electrons. The lowest BCUT2D eigenvalue weighted by molar-refractivity contribution is 0.102. The monoisotopic (exact) mass is 423 g/mol. The first-order chi connectivity index (χ1) is 13.9. The predicted octanol–water partition coefficient (Wildman–Crippen LogP) is 4.66. The Kier molecular flexibility index (Phi) is 5.04. The lowest BCUT2D eigenvalue weighted by atomic mass is 10.2. The molecule has 1 aromatic heterocycles. The first-order valence-electron chi connectivity index (χ1n) is 8.78. The van der Waals surface area contributed by atoms with Crippen LogP contribution < -0.4 is 10.0 Å². The summed E-state index contributed by atoms with van der Waals surface area (Å²) >= 11 is 1.39. The van der Waals surface area contributed by atoms with Crippen molar-refractivity contribution in [1.82, 2.24) is 4.98 Å². The minimum Gasteiger partial charge on any atom is -0.298 e. The highest BCUT2D eigenvalue weighted by Crippen LogP contribution is 2.28. The molecule has 3 aromatic carbocycles. The summed E-state index contributed by atoms with van der Waals surface area (Å²) in [6, 6.07) is 20.3. The number of amides is 1. The first kappa shape index (κ1) is 19.1. The second-order valence-electron chi connectivity index (χ2n) is 6.39. The molecule has 0 aliphatic carbocycles. The number of aromatic nitrogens is 1. The van der Waals surface area contributed by atoms with Gasteiger partial charge in [0.1, 0.15) is 0 Å². The van der Waals surface area contributed by atoms with E-state index in [1.54, 1.807) is 36.4 Å². The number of rotatable bonds is 5. The number of hydrogen-bond acceptors (Lipinski definition) is 5. The molecule has 8 heteroatoms. The van der Waals surface area contributed by atoms with Crippen LogP contribution in [-0.2, 0) is 10.0 Å². The number of carbonyl (C=O) groups excluding carboxylic acids is 1. The third-order valence-corrected chi connectivity index (χ3v) is 6.60. The maximum absolute atomic E-state index is 12.6. The number of aryl methyl sites for hydroxylation is 1. The molecule has 0 saturated heterocycles. The van der Waals surface area contributed by atoms with Crippen molar-refractivity contribution in [3.05, 3.63) is 83.9 Å². The first-order valence-corrected chi connectivity index (χ1v) is 11.1. The number of benzene rings is 3. The lowest BCUT2D eigenvalue weighted by Crippen LogP contribution is -2.15. The molecule has 0 unspecified atom stereocenters. The number of anilines is 2. The Morgan fingerprint density at radius 3 is 2.48 bits per heavy atom. The molecule has 0 bridgehead atoms. The van der Waals surface area contributed by atoms with Crippen molar-refractivity contribution in [2.24, 2.45) is 0 Å². The van der Waals surface area contributed by atoms with Crippen LogP contribution in [-0.4, -0.2) is 19.3 Å². The number of hydrogen-bond donors (Lipinski definition) is 2. The molecule has 4 aromatic rings. The van der Waals surface area contributed by atoms with Crippen molar-refractivity contribution in [3.63, 3.8) is 0 Å². The zero-order valence-electron chi connectivity index (χ0n) is 15.4. The normalized spacial score (nSPS) is 11.3. The highest BCUT2D eigenvalue weighted by Gasteiger charge is 2.15. The van der Waals surface area contributed by atoms with Crippen LogP contribution in [0.15, 0.2) is 77.7 Å². The fourth-order valence-corrected chi connectivity index (χ4v) is 4.86.